The van der Waals surface area contributed by atoms with Crippen molar-refractivity contribution in [3.8, 4) is 5.75 Å². The van der Waals surface area contributed by atoms with E-state index in [2.05, 4.69) is 12.2 Å². The smallest absolute Gasteiger partial charge is 0.224 e. The van der Waals surface area contributed by atoms with Crippen molar-refractivity contribution >= 4 is 5.91 Å². The van der Waals surface area contributed by atoms with Crippen LogP contribution in [0.15, 0.2) is 24.3 Å². The van der Waals surface area contributed by atoms with Gasteiger partial charge in [0.15, 0.2) is 0 Å². The number of rotatable bonds is 5. The highest BCUT2D eigenvalue weighted by Crippen LogP contribution is 2.32. The Morgan fingerprint density at radius 3 is 2.59 bits per heavy atom. The Kier molecular flexibility index (Phi) is 3.67. The number of methoxy groups -OCH3 is 1. The Hall–Kier alpha value is -1.51. The molecule has 0 heterocycles. The Balaban J connectivity index is 1.84. The van der Waals surface area contributed by atoms with Gasteiger partial charge in [-0.25, -0.2) is 0 Å². The van der Waals surface area contributed by atoms with Gasteiger partial charge < -0.3 is 10.1 Å². The van der Waals surface area contributed by atoms with E-state index in [0.717, 1.165) is 11.3 Å². The van der Waals surface area contributed by atoms with Gasteiger partial charge in [-0.05, 0) is 43.4 Å². The zero-order chi connectivity index (χ0) is 12.3. The summed E-state index contributed by atoms with van der Waals surface area (Å²) in [6, 6.07) is 7.95. The number of hydrogen-bond acceptors (Lipinski definition) is 2. The Morgan fingerprint density at radius 2 is 2.06 bits per heavy atom. The van der Waals surface area contributed by atoms with Crippen LogP contribution in [0.2, 0.25) is 0 Å². The monoisotopic (exact) mass is 233 g/mol. The number of amides is 1. The van der Waals surface area contributed by atoms with Crippen LogP contribution in [-0.4, -0.2) is 19.1 Å². The molecular formula is C14H19NO2. The molecule has 2 rings (SSSR count). The molecule has 0 aromatic heterocycles. The fraction of sp³-hybridized carbons (Fsp3) is 0.500. The van der Waals surface area contributed by atoms with Crippen LogP contribution in [0.25, 0.3) is 0 Å². The van der Waals surface area contributed by atoms with Crippen LogP contribution in [0.3, 0.4) is 0 Å². The summed E-state index contributed by atoms with van der Waals surface area (Å²) < 4.78 is 5.08. The van der Waals surface area contributed by atoms with Crippen LogP contribution in [0.5, 0.6) is 5.75 Å². The molecule has 3 heteroatoms. The van der Waals surface area contributed by atoms with E-state index in [1.165, 1.54) is 12.8 Å². The third-order valence-corrected chi connectivity index (χ3v) is 3.24. The van der Waals surface area contributed by atoms with E-state index in [-0.39, 0.29) is 5.91 Å². The van der Waals surface area contributed by atoms with Crippen molar-refractivity contribution in [1.29, 1.82) is 0 Å². The zero-order valence-electron chi connectivity index (χ0n) is 10.4. The van der Waals surface area contributed by atoms with Crippen molar-refractivity contribution < 1.29 is 9.53 Å². The summed E-state index contributed by atoms with van der Waals surface area (Å²) >= 11 is 0. The van der Waals surface area contributed by atoms with Crippen LogP contribution in [-0.2, 0) is 11.2 Å². The lowest BCUT2D eigenvalue weighted by molar-refractivity contribution is -0.121. The molecule has 0 saturated heterocycles. The van der Waals surface area contributed by atoms with E-state index in [1.54, 1.807) is 7.11 Å². The molecule has 1 aliphatic carbocycles. The zero-order valence-corrected chi connectivity index (χ0v) is 10.4. The summed E-state index contributed by atoms with van der Waals surface area (Å²) in [6.45, 7) is 2.09. The topological polar surface area (TPSA) is 38.3 Å². The summed E-state index contributed by atoms with van der Waals surface area (Å²) in [4.78, 5) is 11.8. The van der Waals surface area contributed by atoms with E-state index in [4.69, 9.17) is 4.74 Å². The number of nitrogens with one attached hydrogen (secondary N) is 1. The molecule has 1 aromatic carbocycles. The van der Waals surface area contributed by atoms with Crippen molar-refractivity contribution in [2.24, 2.45) is 5.92 Å². The maximum absolute atomic E-state index is 11.8. The van der Waals surface area contributed by atoms with Crippen molar-refractivity contribution in [3.63, 3.8) is 0 Å². The lowest BCUT2D eigenvalue weighted by Gasteiger charge is -2.12. The van der Waals surface area contributed by atoms with Gasteiger partial charge in [-0.3, -0.25) is 4.79 Å². The summed E-state index contributed by atoms with van der Waals surface area (Å²) in [5.74, 6) is 1.63. The molecule has 3 nitrogen and oxygen atoms in total. The van der Waals surface area contributed by atoms with Crippen LogP contribution in [0, 0.1) is 5.92 Å². The van der Waals surface area contributed by atoms with Gasteiger partial charge in [0.05, 0.1) is 13.5 Å². The minimum absolute atomic E-state index is 0.106. The van der Waals surface area contributed by atoms with E-state index >= 15 is 0 Å². The van der Waals surface area contributed by atoms with Gasteiger partial charge in [0.2, 0.25) is 5.91 Å². The second-order valence-corrected chi connectivity index (χ2v) is 4.72. The van der Waals surface area contributed by atoms with E-state index < -0.39 is 0 Å². The number of ether oxygens (including phenoxy) is 1. The van der Waals surface area contributed by atoms with Gasteiger partial charge in [0.1, 0.15) is 5.75 Å². The Labute approximate surface area is 102 Å². The first-order valence-electron chi connectivity index (χ1n) is 6.11. The highest BCUT2D eigenvalue weighted by Gasteiger charge is 2.28. The normalized spacial score (nSPS) is 16.4. The number of carbonyl (C=O) groups is 1. The molecule has 1 aliphatic rings. The number of carbonyl (C=O) groups excluding carboxylic acids is 1. The third kappa shape index (κ3) is 3.48. The summed E-state index contributed by atoms with van der Waals surface area (Å²) in [6.07, 6.45) is 2.95. The van der Waals surface area contributed by atoms with Crippen molar-refractivity contribution in [2.45, 2.75) is 32.2 Å². The maximum atomic E-state index is 11.8. The molecule has 0 bridgehead atoms. The lowest BCUT2D eigenvalue weighted by atomic mass is 10.1. The van der Waals surface area contributed by atoms with Gasteiger partial charge in [0, 0.05) is 6.04 Å². The van der Waals surface area contributed by atoms with Crippen molar-refractivity contribution in [3.05, 3.63) is 29.8 Å². The summed E-state index contributed by atoms with van der Waals surface area (Å²) in [5.41, 5.74) is 1.02. The SMILES string of the molecule is COc1ccc(CC(=O)NC(C)C2CC2)cc1. The fourth-order valence-electron chi connectivity index (χ4n) is 1.95. The van der Waals surface area contributed by atoms with E-state index in [0.29, 0.717) is 18.4 Å². The van der Waals surface area contributed by atoms with Crippen molar-refractivity contribution in [1.82, 2.24) is 5.32 Å². The third-order valence-electron chi connectivity index (χ3n) is 3.24. The Bertz CT molecular complexity index is 382. The molecule has 1 amide bonds. The van der Waals surface area contributed by atoms with Crippen LogP contribution in [0.4, 0.5) is 0 Å². The average Bonchev–Trinajstić information content (AvgIpc) is 3.13. The predicted molar refractivity (Wildman–Crippen MR) is 67.0 cm³/mol. The first-order valence-corrected chi connectivity index (χ1v) is 6.11. The molecule has 92 valence electrons. The van der Waals surface area contributed by atoms with Gasteiger partial charge in [-0.15, -0.1) is 0 Å². The molecule has 0 radical (unpaired) electrons. The standard InChI is InChI=1S/C14H19NO2/c1-10(12-5-6-12)15-14(16)9-11-3-7-13(17-2)8-4-11/h3-4,7-8,10,12H,5-6,9H2,1-2H3,(H,15,16). The molecule has 0 aliphatic heterocycles. The molecule has 1 unspecified atom stereocenters. The van der Waals surface area contributed by atoms with Gasteiger partial charge in [-0.2, -0.15) is 0 Å². The molecule has 1 saturated carbocycles. The maximum Gasteiger partial charge on any atom is 0.224 e. The van der Waals surface area contributed by atoms with Crippen LogP contribution < -0.4 is 10.1 Å². The largest absolute Gasteiger partial charge is 0.497 e. The molecule has 17 heavy (non-hydrogen) atoms. The first-order chi connectivity index (χ1) is 8.19. The summed E-state index contributed by atoms with van der Waals surface area (Å²) in [7, 11) is 1.64. The molecule has 1 aromatic rings. The highest BCUT2D eigenvalue weighted by molar-refractivity contribution is 5.78. The number of hydrogen-bond donors (Lipinski definition) is 1. The average molecular weight is 233 g/mol. The molecule has 1 N–H and O–H groups in total. The summed E-state index contributed by atoms with van der Waals surface area (Å²) in [5, 5.41) is 3.05. The minimum atomic E-state index is 0.106. The van der Waals surface area contributed by atoms with Gasteiger partial charge in [0.25, 0.3) is 0 Å². The molecular weight excluding hydrogens is 214 g/mol. The molecule has 1 fully saturated rings. The quantitative estimate of drug-likeness (QED) is 0.846. The van der Waals surface area contributed by atoms with Gasteiger partial charge in [-0.1, -0.05) is 12.1 Å². The minimum Gasteiger partial charge on any atom is -0.497 e. The van der Waals surface area contributed by atoms with Crippen LogP contribution >= 0.6 is 0 Å². The van der Waals surface area contributed by atoms with Gasteiger partial charge >= 0.3 is 0 Å². The predicted octanol–water partition coefficient (Wildman–Crippen LogP) is 2.15. The molecule has 1 atom stereocenters. The second kappa shape index (κ2) is 5.21. The van der Waals surface area contributed by atoms with Crippen LogP contribution in [0.1, 0.15) is 25.3 Å². The highest BCUT2D eigenvalue weighted by atomic mass is 16.5. The fourth-order valence-corrected chi connectivity index (χ4v) is 1.95. The van der Waals surface area contributed by atoms with E-state index in [1.807, 2.05) is 24.3 Å². The van der Waals surface area contributed by atoms with E-state index in [9.17, 15) is 4.79 Å². The Morgan fingerprint density at radius 1 is 1.41 bits per heavy atom. The second-order valence-electron chi connectivity index (χ2n) is 4.72. The van der Waals surface area contributed by atoms with Crippen molar-refractivity contribution in [2.75, 3.05) is 7.11 Å². The number of benzene rings is 1. The lowest BCUT2D eigenvalue weighted by Crippen LogP contribution is -2.35. The molecule has 0 spiro atoms. The first kappa shape index (κ1) is 12.0.